The Labute approximate surface area is 72.5 Å². The van der Waals surface area contributed by atoms with Crippen LogP contribution in [-0.4, -0.2) is 39.9 Å². The fourth-order valence-corrected chi connectivity index (χ4v) is 1.10. The molecule has 0 rings (SSSR count). The Balaban J connectivity index is 3.31. The Bertz CT molecular complexity index is 95.1. The van der Waals surface area contributed by atoms with Crippen LogP contribution in [0.1, 0.15) is 25.7 Å². The quantitative estimate of drug-likeness (QED) is 0.395. The van der Waals surface area contributed by atoms with Gasteiger partial charge >= 0.3 is 0 Å². The van der Waals surface area contributed by atoms with Crippen LogP contribution in [0.3, 0.4) is 0 Å². The van der Waals surface area contributed by atoms with Crippen LogP contribution >= 0.6 is 0 Å². The molecule has 0 bridgehead atoms. The van der Waals surface area contributed by atoms with Crippen molar-refractivity contribution < 1.29 is 20.4 Å². The van der Waals surface area contributed by atoms with Crippen molar-refractivity contribution in [2.75, 3.05) is 13.2 Å². The van der Waals surface area contributed by atoms with Crippen molar-refractivity contribution in [3.63, 3.8) is 0 Å². The summed E-state index contributed by atoms with van der Waals surface area (Å²) in [5.74, 6) is 0.0914. The van der Waals surface area contributed by atoms with Crippen LogP contribution in [0.25, 0.3) is 0 Å². The predicted octanol–water partition coefficient (Wildman–Crippen LogP) is -0.542. The van der Waals surface area contributed by atoms with E-state index < -0.39 is 6.29 Å². The molecule has 0 heterocycles. The molecule has 1 unspecified atom stereocenters. The first kappa shape index (κ1) is 11.8. The molecule has 0 radical (unpaired) electrons. The van der Waals surface area contributed by atoms with Gasteiger partial charge in [0.05, 0.1) is 0 Å². The van der Waals surface area contributed by atoms with E-state index in [4.69, 9.17) is 20.4 Å². The van der Waals surface area contributed by atoms with Crippen LogP contribution in [-0.2, 0) is 0 Å². The Morgan fingerprint density at radius 1 is 0.917 bits per heavy atom. The molecule has 0 aliphatic carbocycles. The second kappa shape index (κ2) is 7.49. The predicted molar refractivity (Wildman–Crippen MR) is 44.4 cm³/mol. The Hall–Kier alpha value is -0.160. The molecule has 0 saturated heterocycles. The molecule has 0 aliphatic heterocycles. The van der Waals surface area contributed by atoms with Gasteiger partial charge in [0.15, 0.2) is 6.29 Å². The largest absolute Gasteiger partial charge is 0.396 e. The lowest BCUT2D eigenvalue weighted by molar-refractivity contribution is -0.0475. The second-order valence-electron chi connectivity index (χ2n) is 2.97. The summed E-state index contributed by atoms with van der Waals surface area (Å²) >= 11 is 0. The number of rotatable bonds is 7. The molecule has 0 fully saturated rings. The molecule has 0 aromatic heterocycles. The van der Waals surface area contributed by atoms with Crippen LogP contribution in [0.2, 0.25) is 0 Å². The summed E-state index contributed by atoms with van der Waals surface area (Å²) < 4.78 is 0. The zero-order valence-electron chi connectivity index (χ0n) is 7.19. The van der Waals surface area contributed by atoms with Gasteiger partial charge in [-0.15, -0.1) is 0 Å². The van der Waals surface area contributed by atoms with E-state index in [1.165, 1.54) is 0 Å². The zero-order valence-corrected chi connectivity index (χ0v) is 7.19. The maximum absolute atomic E-state index is 8.79. The molecule has 0 aromatic rings. The minimum Gasteiger partial charge on any atom is -0.396 e. The summed E-state index contributed by atoms with van der Waals surface area (Å²) in [7, 11) is 0. The van der Waals surface area contributed by atoms with Gasteiger partial charge in [0.25, 0.3) is 0 Å². The van der Waals surface area contributed by atoms with Crippen molar-refractivity contribution in [2.45, 2.75) is 32.0 Å². The molecule has 0 spiro atoms. The van der Waals surface area contributed by atoms with Crippen molar-refractivity contribution in [3.8, 4) is 0 Å². The summed E-state index contributed by atoms with van der Waals surface area (Å²) in [5.41, 5.74) is 0. The monoisotopic (exact) mass is 178 g/mol. The van der Waals surface area contributed by atoms with Crippen LogP contribution in [0.15, 0.2) is 0 Å². The molecule has 4 nitrogen and oxygen atoms in total. The van der Waals surface area contributed by atoms with E-state index >= 15 is 0 Å². The van der Waals surface area contributed by atoms with Gasteiger partial charge in [-0.05, 0) is 31.6 Å². The average Bonchev–Trinajstić information content (AvgIpc) is 2.02. The molecule has 1 atom stereocenters. The fourth-order valence-electron chi connectivity index (χ4n) is 1.10. The summed E-state index contributed by atoms with van der Waals surface area (Å²) in [5, 5.41) is 34.4. The molecule has 0 aromatic carbocycles. The van der Waals surface area contributed by atoms with Gasteiger partial charge in [-0.25, -0.2) is 0 Å². The van der Waals surface area contributed by atoms with Gasteiger partial charge in [0.2, 0.25) is 0 Å². The van der Waals surface area contributed by atoms with Crippen molar-refractivity contribution in [3.05, 3.63) is 0 Å². The van der Waals surface area contributed by atoms with E-state index in [1.807, 2.05) is 0 Å². The molecule has 12 heavy (non-hydrogen) atoms. The maximum Gasteiger partial charge on any atom is 0.151 e. The standard InChI is InChI=1S/C8H18O4/c9-5-4-7(6-10)2-1-3-8(11)12/h7-12H,1-6H2. The minimum absolute atomic E-state index is 0.0576. The van der Waals surface area contributed by atoms with E-state index in [0.29, 0.717) is 19.3 Å². The van der Waals surface area contributed by atoms with Crippen LogP contribution in [0, 0.1) is 5.92 Å². The first-order valence-corrected chi connectivity index (χ1v) is 4.28. The third-order valence-electron chi connectivity index (χ3n) is 1.87. The highest BCUT2D eigenvalue weighted by atomic mass is 16.5. The molecule has 4 heteroatoms. The van der Waals surface area contributed by atoms with Gasteiger partial charge in [-0.1, -0.05) is 0 Å². The first-order valence-electron chi connectivity index (χ1n) is 4.28. The number of aliphatic hydroxyl groups excluding tert-OH is 3. The van der Waals surface area contributed by atoms with E-state index in [2.05, 4.69) is 0 Å². The SMILES string of the molecule is OCCC(CO)CCCC(O)O. The Kier molecular flexibility index (Phi) is 7.39. The highest BCUT2D eigenvalue weighted by Gasteiger charge is 2.07. The first-order chi connectivity index (χ1) is 5.70. The molecule has 74 valence electrons. The molecule has 4 N–H and O–H groups in total. The van der Waals surface area contributed by atoms with Crippen molar-refractivity contribution in [1.29, 1.82) is 0 Å². The molecule has 0 aliphatic rings. The van der Waals surface area contributed by atoms with E-state index in [-0.39, 0.29) is 19.1 Å². The van der Waals surface area contributed by atoms with Gasteiger partial charge in [-0.2, -0.15) is 0 Å². The number of aliphatic hydroxyl groups is 4. The summed E-state index contributed by atoms with van der Waals surface area (Å²) in [6, 6.07) is 0. The van der Waals surface area contributed by atoms with Gasteiger partial charge in [-0.3, -0.25) is 0 Å². The Morgan fingerprint density at radius 2 is 1.58 bits per heavy atom. The average molecular weight is 178 g/mol. The van der Waals surface area contributed by atoms with Gasteiger partial charge in [0.1, 0.15) is 0 Å². The van der Waals surface area contributed by atoms with Crippen molar-refractivity contribution in [1.82, 2.24) is 0 Å². The van der Waals surface area contributed by atoms with Crippen LogP contribution in [0.4, 0.5) is 0 Å². The van der Waals surface area contributed by atoms with E-state index in [9.17, 15) is 0 Å². The lowest BCUT2D eigenvalue weighted by Gasteiger charge is -2.12. The lowest BCUT2D eigenvalue weighted by Crippen LogP contribution is -2.10. The third-order valence-corrected chi connectivity index (χ3v) is 1.87. The summed E-state index contributed by atoms with van der Waals surface area (Å²) in [6.07, 6.45) is 1.07. The normalized spacial score (nSPS) is 13.8. The molecule has 0 saturated carbocycles. The lowest BCUT2D eigenvalue weighted by atomic mass is 10.00. The van der Waals surface area contributed by atoms with Gasteiger partial charge < -0.3 is 20.4 Å². The third kappa shape index (κ3) is 6.54. The Morgan fingerprint density at radius 3 is 2.00 bits per heavy atom. The maximum atomic E-state index is 8.79. The second-order valence-corrected chi connectivity index (χ2v) is 2.97. The summed E-state index contributed by atoms with van der Waals surface area (Å²) in [6.45, 7) is 0.134. The van der Waals surface area contributed by atoms with Gasteiger partial charge in [0, 0.05) is 13.2 Å². The van der Waals surface area contributed by atoms with E-state index in [1.54, 1.807) is 0 Å². The zero-order chi connectivity index (χ0) is 9.40. The minimum atomic E-state index is -1.25. The summed E-state index contributed by atoms with van der Waals surface area (Å²) in [4.78, 5) is 0. The smallest absolute Gasteiger partial charge is 0.151 e. The van der Waals surface area contributed by atoms with Crippen LogP contribution < -0.4 is 0 Å². The molecular weight excluding hydrogens is 160 g/mol. The topological polar surface area (TPSA) is 80.9 Å². The highest BCUT2D eigenvalue weighted by molar-refractivity contribution is 4.57. The molecular formula is C8H18O4. The van der Waals surface area contributed by atoms with Crippen molar-refractivity contribution in [2.24, 2.45) is 5.92 Å². The highest BCUT2D eigenvalue weighted by Crippen LogP contribution is 2.12. The number of hydrogen-bond donors (Lipinski definition) is 4. The van der Waals surface area contributed by atoms with E-state index in [0.717, 1.165) is 6.42 Å². The number of hydrogen-bond acceptors (Lipinski definition) is 4. The molecule has 0 amide bonds. The van der Waals surface area contributed by atoms with Crippen LogP contribution in [0.5, 0.6) is 0 Å². The fraction of sp³-hybridized carbons (Fsp3) is 1.00. The van der Waals surface area contributed by atoms with Crippen molar-refractivity contribution >= 4 is 0 Å².